The summed E-state index contributed by atoms with van der Waals surface area (Å²) in [5.41, 5.74) is 7.47. The van der Waals surface area contributed by atoms with Gasteiger partial charge in [0.25, 0.3) is 0 Å². The molecular formula is C13H13BrN2O2. The standard InChI is InChI=1S/C13H13BrN2O2/c1-18-13(17)7-10(15)12-4-2-8-6-9(14)3-5-11(8)16-12/h2-6,10H,7,15H2,1H3/t10-/m0/s1. The lowest BCUT2D eigenvalue weighted by Crippen LogP contribution is -2.17. The first kappa shape index (κ1) is 13.0. The molecule has 94 valence electrons. The number of aromatic nitrogens is 1. The van der Waals surface area contributed by atoms with Gasteiger partial charge in [0.2, 0.25) is 0 Å². The molecule has 1 atom stereocenters. The molecule has 0 aliphatic heterocycles. The average Bonchev–Trinajstić information content (AvgIpc) is 2.37. The van der Waals surface area contributed by atoms with Gasteiger partial charge in [0.1, 0.15) is 0 Å². The highest BCUT2D eigenvalue weighted by Gasteiger charge is 2.13. The summed E-state index contributed by atoms with van der Waals surface area (Å²) in [4.78, 5) is 15.6. The number of esters is 1. The summed E-state index contributed by atoms with van der Waals surface area (Å²) in [5, 5.41) is 1.03. The molecule has 0 amide bonds. The minimum atomic E-state index is -0.439. The topological polar surface area (TPSA) is 65.2 Å². The molecule has 0 saturated heterocycles. The van der Waals surface area contributed by atoms with Crippen LogP contribution in [-0.2, 0) is 9.53 Å². The van der Waals surface area contributed by atoms with Crippen LogP contribution in [0.4, 0.5) is 0 Å². The summed E-state index contributed by atoms with van der Waals surface area (Å²) in [6.07, 6.45) is 0.130. The highest BCUT2D eigenvalue weighted by Crippen LogP contribution is 2.21. The van der Waals surface area contributed by atoms with E-state index in [0.29, 0.717) is 5.69 Å². The second kappa shape index (κ2) is 5.46. The van der Waals surface area contributed by atoms with E-state index >= 15 is 0 Å². The van der Waals surface area contributed by atoms with Crippen molar-refractivity contribution in [3.63, 3.8) is 0 Å². The maximum absolute atomic E-state index is 11.2. The van der Waals surface area contributed by atoms with Gasteiger partial charge in [-0.25, -0.2) is 0 Å². The maximum Gasteiger partial charge on any atom is 0.307 e. The van der Waals surface area contributed by atoms with Gasteiger partial charge in [-0.1, -0.05) is 22.0 Å². The van der Waals surface area contributed by atoms with Crippen LogP contribution in [0.1, 0.15) is 18.2 Å². The Morgan fingerprint density at radius 2 is 2.22 bits per heavy atom. The number of carbonyl (C=O) groups excluding carboxylic acids is 1. The maximum atomic E-state index is 11.2. The highest BCUT2D eigenvalue weighted by molar-refractivity contribution is 9.10. The number of ether oxygens (including phenoxy) is 1. The van der Waals surface area contributed by atoms with Crippen molar-refractivity contribution in [1.29, 1.82) is 0 Å². The van der Waals surface area contributed by atoms with E-state index in [0.717, 1.165) is 15.4 Å². The number of rotatable bonds is 3. The predicted octanol–water partition coefficient (Wildman–Crippen LogP) is 2.56. The number of benzene rings is 1. The number of fused-ring (bicyclic) bond motifs is 1. The highest BCUT2D eigenvalue weighted by atomic mass is 79.9. The molecule has 0 radical (unpaired) electrons. The van der Waals surface area contributed by atoms with Gasteiger partial charge in [-0.05, 0) is 24.3 Å². The predicted molar refractivity (Wildman–Crippen MR) is 73.0 cm³/mol. The fourth-order valence-electron chi connectivity index (χ4n) is 1.69. The Morgan fingerprint density at radius 3 is 2.94 bits per heavy atom. The van der Waals surface area contributed by atoms with Crippen LogP contribution in [0.3, 0.4) is 0 Å². The lowest BCUT2D eigenvalue weighted by molar-refractivity contribution is -0.141. The van der Waals surface area contributed by atoms with Crippen LogP contribution in [0.15, 0.2) is 34.8 Å². The van der Waals surface area contributed by atoms with Gasteiger partial charge in [0.15, 0.2) is 0 Å². The van der Waals surface area contributed by atoms with Gasteiger partial charge >= 0.3 is 5.97 Å². The van der Waals surface area contributed by atoms with Crippen molar-refractivity contribution in [2.45, 2.75) is 12.5 Å². The molecular weight excluding hydrogens is 296 g/mol. The summed E-state index contributed by atoms with van der Waals surface area (Å²) >= 11 is 3.41. The number of nitrogens with two attached hydrogens (primary N) is 1. The minimum absolute atomic E-state index is 0.130. The van der Waals surface area contributed by atoms with Gasteiger partial charge in [-0.2, -0.15) is 0 Å². The number of pyridine rings is 1. The Hall–Kier alpha value is -1.46. The van der Waals surface area contributed by atoms with E-state index in [9.17, 15) is 4.79 Å². The quantitative estimate of drug-likeness (QED) is 0.885. The zero-order valence-corrected chi connectivity index (χ0v) is 11.5. The van der Waals surface area contributed by atoms with Crippen LogP contribution in [0, 0.1) is 0 Å². The van der Waals surface area contributed by atoms with E-state index in [1.165, 1.54) is 7.11 Å². The number of methoxy groups -OCH3 is 1. The second-order valence-corrected chi connectivity index (χ2v) is 4.88. The Bertz CT molecular complexity index is 586. The number of hydrogen-bond donors (Lipinski definition) is 1. The van der Waals surface area contributed by atoms with Gasteiger partial charge in [-0.3, -0.25) is 9.78 Å². The molecule has 1 heterocycles. The molecule has 0 unspecified atom stereocenters. The Morgan fingerprint density at radius 1 is 1.44 bits per heavy atom. The molecule has 0 fully saturated rings. The van der Waals surface area contributed by atoms with Crippen LogP contribution >= 0.6 is 15.9 Å². The summed E-state index contributed by atoms with van der Waals surface area (Å²) in [5.74, 6) is -0.333. The van der Waals surface area contributed by atoms with Crippen molar-refractivity contribution < 1.29 is 9.53 Å². The van der Waals surface area contributed by atoms with E-state index in [-0.39, 0.29) is 12.4 Å². The Balaban J connectivity index is 2.29. The van der Waals surface area contributed by atoms with Crippen LogP contribution in [0.25, 0.3) is 10.9 Å². The number of hydrogen-bond acceptors (Lipinski definition) is 4. The minimum Gasteiger partial charge on any atom is -0.469 e. The molecule has 1 aromatic carbocycles. The van der Waals surface area contributed by atoms with Crippen molar-refractivity contribution >= 4 is 32.8 Å². The van der Waals surface area contributed by atoms with Gasteiger partial charge < -0.3 is 10.5 Å². The van der Waals surface area contributed by atoms with Crippen LogP contribution in [-0.4, -0.2) is 18.1 Å². The number of nitrogens with zero attached hydrogens (tertiary/aromatic N) is 1. The first-order chi connectivity index (χ1) is 8.60. The van der Waals surface area contributed by atoms with Crippen molar-refractivity contribution in [2.75, 3.05) is 7.11 Å². The molecule has 5 heteroatoms. The molecule has 0 bridgehead atoms. The van der Waals surface area contributed by atoms with Gasteiger partial charge in [0.05, 0.1) is 30.8 Å². The van der Waals surface area contributed by atoms with E-state index in [1.54, 1.807) is 0 Å². The van der Waals surface area contributed by atoms with Crippen LogP contribution in [0.5, 0.6) is 0 Å². The lowest BCUT2D eigenvalue weighted by atomic mass is 10.1. The number of carbonyl (C=O) groups is 1. The molecule has 0 saturated carbocycles. The van der Waals surface area contributed by atoms with E-state index in [2.05, 4.69) is 25.7 Å². The van der Waals surface area contributed by atoms with E-state index in [1.807, 2.05) is 30.3 Å². The molecule has 2 aromatic rings. The summed E-state index contributed by atoms with van der Waals surface area (Å²) in [6.45, 7) is 0. The average molecular weight is 309 g/mol. The van der Waals surface area contributed by atoms with E-state index in [4.69, 9.17) is 5.73 Å². The third-order valence-electron chi connectivity index (χ3n) is 2.67. The first-order valence-electron chi connectivity index (χ1n) is 5.49. The Kier molecular flexibility index (Phi) is 3.93. The SMILES string of the molecule is COC(=O)C[C@H](N)c1ccc2cc(Br)ccc2n1. The molecule has 0 aliphatic rings. The lowest BCUT2D eigenvalue weighted by Gasteiger charge is -2.10. The smallest absolute Gasteiger partial charge is 0.307 e. The fraction of sp³-hybridized carbons (Fsp3) is 0.231. The van der Waals surface area contributed by atoms with E-state index < -0.39 is 6.04 Å². The first-order valence-corrected chi connectivity index (χ1v) is 6.28. The monoisotopic (exact) mass is 308 g/mol. The molecule has 1 aromatic heterocycles. The zero-order valence-electron chi connectivity index (χ0n) is 9.89. The second-order valence-electron chi connectivity index (χ2n) is 3.96. The third kappa shape index (κ3) is 2.86. The van der Waals surface area contributed by atoms with Crippen LogP contribution < -0.4 is 5.73 Å². The summed E-state index contributed by atoms with van der Waals surface area (Å²) < 4.78 is 5.60. The van der Waals surface area contributed by atoms with Crippen LogP contribution in [0.2, 0.25) is 0 Å². The summed E-state index contributed by atoms with van der Waals surface area (Å²) in [6, 6.07) is 9.16. The molecule has 0 spiro atoms. The molecule has 2 N–H and O–H groups in total. The fourth-order valence-corrected chi connectivity index (χ4v) is 2.06. The largest absolute Gasteiger partial charge is 0.469 e. The Labute approximate surface area is 113 Å². The summed E-state index contributed by atoms with van der Waals surface area (Å²) in [7, 11) is 1.35. The van der Waals surface area contributed by atoms with Gasteiger partial charge in [0, 0.05) is 9.86 Å². The third-order valence-corrected chi connectivity index (χ3v) is 3.16. The molecule has 4 nitrogen and oxygen atoms in total. The van der Waals surface area contributed by atoms with Gasteiger partial charge in [-0.15, -0.1) is 0 Å². The molecule has 2 rings (SSSR count). The van der Waals surface area contributed by atoms with Crippen molar-refractivity contribution in [2.24, 2.45) is 5.73 Å². The zero-order chi connectivity index (χ0) is 13.1. The normalized spacial score (nSPS) is 12.4. The number of halogens is 1. The van der Waals surface area contributed by atoms with Crippen molar-refractivity contribution in [3.05, 3.63) is 40.5 Å². The van der Waals surface area contributed by atoms with Crippen molar-refractivity contribution in [3.8, 4) is 0 Å². The molecule has 18 heavy (non-hydrogen) atoms. The van der Waals surface area contributed by atoms with Crippen molar-refractivity contribution in [1.82, 2.24) is 4.98 Å². The molecule has 0 aliphatic carbocycles.